The Morgan fingerprint density at radius 3 is 2.60 bits per heavy atom. The van der Waals surface area contributed by atoms with E-state index in [1.807, 2.05) is 0 Å². The van der Waals surface area contributed by atoms with Crippen molar-refractivity contribution in [3.05, 3.63) is 29.8 Å². The summed E-state index contributed by atoms with van der Waals surface area (Å²) >= 11 is 0. The molecule has 0 aromatic heterocycles. The highest BCUT2D eigenvalue weighted by Gasteiger charge is 2.20. The first-order chi connectivity index (χ1) is 7.42. The highest BCUT2D eigenvalue weighted by Crippen LogP contribution is 2.24. The van der Waals surface area contributed by atoms with Gasteiger partial charge in [-0.2, -0.15) is 0 Å². The van der Waals surface area contributed by atoms with E-state index in [-0.39, 0.29) is 0 Å². The Morgan fingerprint density at radius 2 is 2.00 bits per heavy atom. The van der Waals surface area contributed by atoms with E-state index in [1.54, 1.807) is 0 Å². The van der Waals surface area contributed by atoms with Gasteiger partial charge in [0, 0.05) is 23.8 Å². The third-order valence-corrected chi connectivity index (χ3v) is 2.78. The van der Waals surface area contributed by atoms with Crippen molar-refractivity contribution in [1.29, 1.82) is 0 Å². The number of hydrogen-bond acceptors (Lipinski definition) is 3. The third-order valence-electron chi connectivity index (χ3n) is 2.78. The monoisotopic (exact) mass is 201 g/mol. The van der Waals surface area contributed by atoms with E-state index >= 15 is 0 Å². The SMILES string of the molecule is c1cc(C2=NCCN2)ccc1NC1CC1. The molecule has 0 radical (unpaired) electrons. The van der Waals surface area contributed by atoms with Crippen molar-refractivity contribution in [2.24, 2.45) is 4.99 Å². The number of anilines is 1. The summed E-state index contributed by atoms with van der Waals surface area (Å²) in [5.41, 5.74) is 2.41. The van der Waals surface area contributed by atoms with Crippen LogP contribution in [0.15, 0.2) is 29.3 Å². The quantitative estimate of drug-likeness (QED) is 0.779. The van der Waals surface area contributed by atoms with Gasteiger partial charge in [0.1, 0.15) is 5.84 Å². The Kier molecular flexibility index (Phi) is 2.09. The molecule has 1 aliphatic heterocycles. The van der Waals surface area contributed by atoms with E-state index in [9.17, 15) is 0 Å². The molecule has 3 rings (SSSR count). The number of aliphatic imine (C=N–C) groups is 1. The molecular weight excluding hydrogens is 186 g/mol. The van der Waals surface area contributed by atoms with Crippen molar-refractivity contribution in [3.8, 4) is 0 Å². The number of nitrogens with zero attached hydrogens (tertiary/aromatic N) is 1. The fraction of sp³-hybridized carbons (Fsp3) is 0.417. The molecule has 0 amide bonds. The van der Waals surface area contributed by atoms with Crippen molar-refractivity contribution in [1.82, 2.24) is 5.32 Å². The van der Waals surface area contributed by atoms with Gasteiger partial charge in [-0.25, -0.2) is 0 Å². The van der Waals surface area contributed by atoms with Crippen LogP contribution in [0.1, 0.15) is 18.4 Å². The summed E-state index contributed by atoms with van der Waals surface area (Å²) in [5.74, 6) is 1.04. The molecule has 1 aromatic carbocycles. The van der Waals surface area contributed by atoms with Crippen LogP contribution in [0.3, 0.4) is 0 Å². The van der Waals surface area contributed by atoms with E-state index in [1.165, 1.54) is 24.1 Å². The summed E-state index contributed by atoms with van der Waals surface area (Å²) in [6.07, 6.45) is 2.63. The molecule has 2 aliphatic rings. The van der Waals surface area contributed by atoms with E-state index < -0.39 is 0 Å². The number of amidine groups is 1. The van der Waals surface area contributed by atoms with Gasteiger partial charge >= 0.3 is 0 Å². The molecule has 1 saturated carbocycles. The zero-order chi connectivity index (χ0) is 10.1. The van der Waals surface area contributed by atoms with Crippen LogP contribution in [0, 0.1) is 0 Å². The molecule has 15 heavy (non-hydrogen) atoms. The second-order valence-electron chi connectivity index (χ2n) is 4.15. The summed E-state index contributed by atoms with van der Waals surface area (Å²) in [6.45, 7) is 1.87. The minimum Gasteiger partial charge on any atom is -0.382 e. The fourth-order valence-corrected chi connectivity index (χ4v) is 1.78. The van der Waals surface area contributed by atoms with Crippen LogP contribution in [0.4, 0.5) is 5.69 Å². The van der Waals surface area contributed by atoms with E-state index in [2.05, 4.69) is 39.9 Å². The zero-order valence-electron chi connectivity index (χ0n) is 8.66. The first-order valence-corrected chi connectivity index (χ1v) is 5.57. The molecule has 1 fully saturated rings. The van der Waals surface area contributed by atoms with Gasteiger partial charge in [-0.15, -0.1) is 0 Å². The zero-order valence-corrected chi connectivity index (χ0v) is 8.66. The van der Waals surface area contributed by atoms with Gasteiger partial charge in [0.15, 0.2) is 0 Å². The van der Waals surface area contributed by atoms with Gasteiger partial charge in [-0.3, -0.25) is 4.99 Å². The third kappa shape index (κ3) is 1.96. The fourth-order valence-electron chi connectivity index (χ4n) is 1.78. The van der Waals surface area contributed by atoms with Crippen LogP contribution in [-0.4, -0.2) is 25.0 Å². The standard InChI is InChI=1S/C12H15N3/c1-3-10(15-11-5-6-11)4-2-9(1)12-13-7-8-14-12/h1-4,11,15H,5-8H2,(H,13,14). The Balaban J connectivity index is 1.74. The van der Waals surface area contributed by atoms with Crippen LogP contribution < -0.4 is 10.6 Å². The topological polar surface area (TPSA) is 36.4 Å². The predicted molar refractivity (Wildman–Crippen MR) is 62.5 cm³/mol. The number of nitrogens with one attached hydrogen (secondary N) is 2. The Hall–Kier alpha value is -1.51. The lowest BCUT2D eigenvalue weighted by Crippen LogP contribution is -2.19. The second-order valence-corrected chi connectivity index (χ2v) is 4.15. The molecule has 1 aromatic rings. The summed E-state index contributed by atoms with van der Waals surface area (Å²) in [5, 5.41) is 6.75. The molecule has 3 heteroatoms. The van der Waals surface area contributed by atoms with Crippen LogP contribution in [0.2, 0.25) is 0 Å². The van der Waals surface area contributed by atoms with E-state index in [4.69, 9.17) is 0 Å². The number of rotatable bonds is 3. The number of hydrogen-bond donors (Lipinski definition) is 2. The molecular formula is C12H15N3. The van der Waals surface area contributed by atoms with E-state index in [0.717, 1.165) is 25.0 Å². The molecule has 0 saturated heterocycles. The maximum absolute atomic E-state index is 4.39. The Labute approximate surface area is 89.6 Å². The lowest BCUT2D eigenvalue weighted by atomic mass is 10.2. The van der Waals surface area contributed by atoms with Gasteiger partial charge < -0.3 is 10.6 Å². The number of benzene rings is 1. The lowest BCUT2D eigenvalue weighted by Gasteiger charge is -2.06. The minimum absolute atomic E-state index is 0.720. The highest BCUT2D eigenvalue weighted by molar-refractivity contribution is 5.99. The molecule has 2 N–H and O–H groups in total. The summed E-state index contributed by atoms with van der Waals surface area (Å²) in [6, 6.07) is 9.24. The molecule has 0 atom stereocenters. The highest BCUT2D eigenvalue weighted by atomic mass is 15.1. The van der Waals surface area contributed by atoms with Crippen LogP contribution >= 0.6 is 0 Å². The van der Waals surface area contributed by atoms with Gasteiger partial charge in [-0.1, -0.05) is 0 Å². The molecule has 3 nitrogen and oxygen atoms in total. The van der Waals surface area contributed by atoms with Crippen LogP contribution in [-0.2, 0) is 0 Å². The lowest BCUT2D eigenvalue weighted by molar-refractivity contribution is 0.960. The van der Waals surface area contributed by atoms with Crippen molar-refractivity contribution in [3.63, 3.8) is 0 Å². The Morgan fingerprint density at radius 1 is 1.20 bits per heavy atom. The second kappa shape index (κ2) is 3.57. The molecule has 78 valence electrons. The molecule has 1 aliphatic carbocycles. The molecule has 0 spiro atoms. The minimum atomic E-state index is 0.720. The van der Waals surface area contributed by atoms with Crippen LogP contribution in [0.5, 0.6) is 0 Å². The average molecular weight is 201 g/mol. The van der Waals surface area contributed by atoms with Crippen molar-refractivity contribution < 1.29 is 0 Å². The summed E-state index contributed by atoms with van der Waals surface area (Å²) in [4.78, 5) is 4.39. The first-order valence-electron chi connectivity index (χ1n) is 5.57. The van der Waals surface area contributed by atoms with Gasteiger partial charge in [-0.05, 0) is 37.1 Å². The molecule has 1 heterocycles. The first kappa shape index (κ1) is 8.77. The van der Waals surface area contributed by atoms with Gasteiger partial charge in [0.25, 0.3) is 0 Å². The van der Waals surface area contributed by atoms with Gasteiger partial charge in [0.05, 0.1) is 6.54 Å². The maximum Gasteiger partial charge on any atom is 0.128 e. The normalized spacial score (nSPS) is 19.6. The average Bonchev–Trinajstić information content (AvgIpc) is 2.92. The van der Waals surface area contributed by atoms with Crippen LogP contribution in [0.25, 0.3) is 0 Å². The van der Waals surface area contributed by atoms with Crippen molar-refractivity contribution in [2.75, 3.05) is 18.4 Å². The predicted octanol–water partition coefficient (Wildman–Crippen LogP) is 1.61. The Bertz CT molecular complexity index is 376. The summed E-state index contributed by atoms with van der Waals surface area (Å²) in [7, 11) is 0. The van der Waals surface area contributed by atoms with Gasteiger partial charge in [0.2, 0.25) is 0 Å². The molecule has 0 unspecified atom stereocenters. The molecule has 0 bridgehead atoms. The van der Waals surface area contributed by atoms with Crippen molar-refractivity contribution >= 4 is 11.5 Å². The summed E-state index contributed by atoms with van der Waals surface area (Å²) < 4.78 is 0. The maximum atomic E-state index is 4.39. The van der Waals surface area contributed by atoms with Crippen molar-refractivity contribution in [2.45, 2.75) is 18.9 Å². The smallest absolute Gasteiger partial charge is 0.128 e. The largest absolute Gasteiger partial charge is 0.382 e. The van der Waals surface area contributed by atoms with E-state index in [0.29, 0.717) is 0 Å².